The Morgan fingerprint density at radius 2 is 1.94 bits per heavy atom. The molecule has 0 aliphatic carbocycles. The van der Waals surface area contributed by atoms with Gasteiger partial charge in [0.25, 0.3) is 0 Å². The van der Waals surface area contributed by atoms with E-state index in [9.17, 15) is 0 Å². The Balaban J connectivity index is 2.11. The molecule has 1 aromatic rings. The van der Waals surface area contributed by atoms with E-state index in [2.05, 4.69) is 48.2 Å². The first kappa shape index (κ1) is 11.3. The summed E-state index contributed by atoms with van der Waals surface area (Å²) in [5.74, 6) is 0. The minimum atomic E-state index is 0.397. The van der Waals surface area contributed by atoms with Crippen LogP contribution in [0.1, 0.15) is 12.8 Å². The monoisotopic (exact) mass is 219 g/mol. The number of nitrogens with zero attached hydrogens (tertiary/aromatic N) is 2. The van der Waals surface area contributed by atoms with Gasteiger partial charge in [-0.3, -0.25) is 0 Å². The fourth-order valence-electron chi connectivity index (χ4n) is 2.13. The molecular weight excluding hydrogens is 198 g/mol. The lowest BCUT2D eigenvalue weighted by Gasteiger charge is -2.32. The zero-order valence-electron chi connectivity index (χ0n) is 10.2. The van der Waals surface area contributed by atoms with Crippen LogP contribution in [0.2, 0.25) is 0 Å². The highest BCUT2D eigenvalue weighted by Gasteiger charge is 2.16. The van der Waals surface area contributed by atoms with Crippen LogP contribution in [0.3, 0.4) is 0 Å². The Hall–Kier alpha value is -1.22. The van der Waals surface area contributed by atoms with Crippen LogP contribution in [-0.4, -0.2) is 33.2 Å². The number of hydrogen-bond donors (Lipinski definition) is 1. The van der Waals surface area contributed by atoms with E-state index in [4.69, 9.17) is 5.73 Å². The molecule has 88 valence electrons. The minimum absolute atomic E-state index is 0.397. The first-order chi connectivity index (χ1) is 7.66. The highest BCUT2D eigenvalue weighted by atomic mass is 15.1. The Labute approximate surface area is 97.8 Å². The molecule has 2 N–H and O–H groups in total. The van der Waals surface area contributed by atoms with Crippen LogP contribution >= 0.6 is 0 Å². The Morgan fingerprint density at radius 1 is 1.25 bits per heavy atom. The van der Waals surface area contributed by atoms with Crippen molar-refractivity contribution in [3.63, 3.8) is 0 Å². The lowest BCUT2D eigenvalue weighted by Crippen LogP contribution is -2.39. The van der Waals surface area contributed by atoms with Gasteiger partial charge >= 0.3 is 0 Å². The zero-order chi connectivity index (χ0) is 11.5. The van der Waals surface area contributed by atoms with Crippen molar-refractivity contribution in [2.45, 2.75) is 18.9 Å². The van der Waals surface area contributed by atoms with Crippen LogP contribution in [0.5, 0.6) is 0 Å². The molecule has 1 aromatic carbocycles. The number of piperidine rings is 1. The van der Waals surface area contributed by atoms with Crippen molar-refractivity contribution in [2.75, 3.05) is 37.0 Å². The summed E-state index contributed by atoms with van der Waals surface area (Å²) in [5.41, 5.74) is 8.49. The second kappa shape index (κ2) is 4.74. The molecule has 3 nitrogen and oxygen atoms in total. The average molecular weight is 219 g/mol. The van der Waals surface area contributed by atoms with E-state index in [0.29, 0.717) is 6.04 Å². The summed E-state index contributed by atoms with van der Waals surface area (Å²) in [6.07, 6.45) is 2.21. The van der Waals surface area contributed by atoms with Crippen LogP contribution in [0, 0.1) is 0 Å². The molecule has 0 aromatic heterocycles. The standard InChI is InChI=1S/C13H21N3/c1-15(2)12-4-3-5-13(10-12)16-8-6-11(14)7-9-16/h3-5,10-11H,6-9,14H2,1-2H3. The predicted octanol–water partition coefficient (Wildman–Crippen LogP) is 1.68. The quantitative estimate of drug-likeness (QED) is 0.821. The zero-order valence-corrected chi connectivity index (χ0v) is 10.2. The minimum Gasteiger partial charge on any atom is -0.378 e. The van der Waals surface area contributed by atoms with Crippen LogP contribution in [0.4, 0.5) is 11.4 Å². The summed E-state index contributed by atoms with van der Waals surface area (Å²) in [5, 5.41) is 0. The lowest BCUT2D eigenvalue weighted by molar-refractivity contribution is 0.501. The Bertz CT molecular complexity index is 341. The number of hydrogen-bond acceptors (Lipinski definition) is 3. The highest BCUT2D eigenvalue weighted by Crippen LogP contribution is 2.23. The second-order valence-electron chi connectivity index (χ2n) is 4.74. The van der Waals surface area contributed by atoms with Crippen LogP contribution in [0.15, 0.2) is 24.3 Å². The third-order valence-electron chi connectivity index (χ3n) is 3.25. The van der Waals surface area contributed by atoms with Crippen molar-refractivity contribution in [1.82, 2.24) is 0 Å². The van der Waals surface area contributed by atoms with Crippen LogP contribution in [-0.2, 0) is 0 Å². The SMILES string of the molecule is CN(C)c1cccc(N2CCC(N)CC2)c1. The number of anilines is 2. The van der Waals surface area contributed by atoms with Gasteiger partial charge in [-0.05, 0) is 31.0 Å². The fraction of sp³-hybridized carbons (Fsp3) is 0.538. The van der Waals surface area contributed by atoms with Gasteiger partial charge in [-0.15, -0.1) is 0 Å². The lowest BCUT2D eigenvalue weighted by atomic mass is 10.1. The van der Waals surface area contributed by atoms with E-state index >= 15 is 0 Å². The van der Waals surface area contributed by atoms with Crippen molar-refractivity contribution in [3.8, 4) is 0 Å². The second-order valence-corrected chi connectivity index (χ2v) is 4.74. The smallest absolute Gasteiger partial charge is 0.0386 e. The molecule has 0 atom stereocenters. The summed E-state index contributed by atoms with van der Waals surface area (Å²) in [6, 6.07) is 9.09. The predicted molar refractivity (Wildman–Crippen MR) is 70.2 cm³/mol. The van der Waals surface area contributed by atoms with Gasteiger partial charge in [0.1, 0.15) is 0 Å². The third kappa shape index (κ3) is 2.47. The summed E-state index contributed by atoms with van der Waals surface area (Å²) >= 11 is 0. The number of nitrogens with two attached hydrogens (primary N) is 1. The Kier molecular flexibility index (Phi) is 3.34. The summed E-state index contributed by atoms with van der Waals surface area (Å²) in [7, 11) is 4.15. The number of rotatable bonds is 2. The van der Waals surface area contributed by atoms with Gasteiger partial charge in [-0.1, -0.05) is 6.07 Å². The molecular formula is C13H21N3. The van der Waals surface area contributed by atoms with Crippen molar-refractivity contribution < 1.29 is 0 Å². The Morgan fingerprint density at radius 3 is 2.56 bits per heavy atom. The average Bonchev–Trinajstić information content (AvgIpc) is 2.30. The maximum absolute atomic E-state index is 5.92. The van der Waals surface area contributed by atoms with Gasteiger partial charge < -0.3 is 15.5 Å². The fourth-order valence-corrected chi connectivity index (χ4v) is 2.13. The summed E-state index contributed by atoms with van der Waals surface area (Å²) < 4.78 is 0. The van der Waals surface area contributed by atoms with E-state index in [-0.39, 0.29) is 0 Å². The third-order valence-corrected chi connectivity index (χ3v) is 3.25. The van der Waals surface area contributed by atoms with Gasteiger partial charge in [-0.25, -0.2) is 0 Å². The first-order valence-corrected chi connectivity index (χ1v) is 5.95. The molecule has 1 fully saturated rings. The van der Waals surface area contributed by atoms with Crippen molar-refractivity contribution in [1.29, 1.82) is 0 Å². The molecule has 3 heteroatoms. The molecule has 1 heterocycles. The van der Waals surface area contributed by atoms with Gasteiger partial charge in [-0.2, -0.15) is 0 Å². The van der Waals surface area contributed by atoms with Crippen LogP contribution < -0.4 is 15.5 Å². The topological polar surface area (TPSA) is 32.5 Å². The van der Waals surface area contributed by atoms with Crippen LogP contribution in [0.25, 0.3) is 0 Å². The van der Waals surface area contributed by atoms with Gasteiger partial charge in [0.2, 0.25) is 0 Å². The highest BCUT2D eigenvalue weighted by molar-refractivity contribution is 5.59. The van der Waals surface area contributed by atoms with E-state index in [1.54, 1.807) is 0 Å². The van der Waals surface area contributed by atoms with Crippen molar-refractivity contribution in [2.24, 2.45) is 5.73 Å². The molecule has 0 unspecified atom stereocenters. The van der Waals surface area contributed by atoms with E-state index in [1.165, 1.54) is 11.4 Å². The van der Waals surface area contributed by atoms with Crippen molar-refractivity contribution in [3.05, 3.63) is 24.3 Å². The molecule has 0 spiro atoms. The van der Waals surface area contributed by atoms with Gasteiger partial charge in [0, 0.05) is 44.6 Å². The van der Waals surface area contributed by atoms with Crippen molar-refractivity contribution >= 4 is 11.4 Å². The van der Waals surface area contributed by atoms with E-state index in [0.717, 1.165) is 25.9 Å². The molecule has 0 saturated carbocycles. The maximum atomic E-state index is 5.92. The molecule has 1 saturated heterocycles. The molecule has 0 bridgehead atoms. The van der Waals surface area contributed by atoms with Gasteiger partial charge in [0.05, 0.1) is 0 Å². The maximum Gasteiger partial charge on any atom is 0.0386 e. The molecule has 1 aliphatic rings. The van der Waals surface area contributed by atoms with Gasteiger partial charge in [0.15, 0.2) is 0 Å². The summed E-state index contributed by atoms with van der Waals surface area (Å²) in [4.78, 5) is 4.57. The molecule has 0 amide bonds. The molecule has 1 aliphatic heterocycles. The summed E-state index contributed by atoms with van der Waals surface area (Å²) in [6.45, 7) is 2.16. The first-order valence-electron chi connectivity index (χ1n) is 5.95. The number of benzene rings is 1. The normalized spacial score (nSPS) is 17.6. The largest absolute Gasteiger partial charge is 0.378 e. The molecule has 0 radical (unpaired) electrons. The van der Waals surface area contributed by atoms with E-state index < -0.39 is 0 Å². The molecule has 2 rings (SSSR count). The van der Waals surface area contributed by atoms with E-state index in [1.807, 2.05) is 0 Å². The molecule has 16 heavy (non-hydrogen) atoms.